The van der Waals surface area contributed by atoms with Crippen LogP contribution in [-0.4, -0.2) is 45.9 Å². The highest BCUT2D eigenvalue weighted by Crippen LogP contribution is 2.20. The molecule has 23 heavy (non-hydrogen) atoms. The van der Waals surface area contributed by atoms with Gasteiger partial charge in [-0.1, -0.05) is 0 Å². The van der Waals surface area contributed by atoms with Crippen molar-refractivity contribution >= 4 is 35.1 Å². The minimum absolute atomic E-state index is 0.0963. The van der Waals surface area contributed by atoms with E-state index in [1.165, 1.54) is 18.0 Å². The lowest BCUT2D eigenvalue weighted by Crippen LogP contribution is -2.42. The Morgan fingerprint density at radius 1 is 1.26 bits per heavy atom. The molecule has 0 aliphatic heterocycles. The second-order valence-electron chi connectivity index (χ2n) is 5.53. The molecule has 1 aromatic heterocycles. The number of halogens is 1. The average Bonchev–Trinajstić information content (AvgIpc) is 2.83. The molecule has 1 aromatic carbocycles. The van der Waals surface area contributed by atoms with Crippen LogP contribution in [0.5, 0.6) is 0 Å². The van der Waals surface area contributed by atoms with Crippen molar-refractivity contribution in [3.63, 3.8) is 0 Å². The monoisotopic (exact) mass is 339 g/mol. The Labute approximate surface area is 137 Å². The van der Waals surface area contributed by atoms with Crippen LogP contribution in [0.1, 0.15) is 31.1 Å². The smallest absolute Gasteiger partial charge is 0.328 e. The van der Waals surface area contributed by atoms with Gasteiger partial charge >= 0.3 is 5.97 Å². The Morgan fingerprint density at radius 2 is 1.91 bits per heavy atom. The lowest BCUT2D eigenvalue weighted by Gasteiger charge is -2.24. The summed E-state index contributed by atoms with van der Waals surface area (Å²) in [6, 6.07) is 1.56. The Bertz CT molecular complexity index is 812. The number of amides is 1. The highest BCUT2D eigenvalue weighted by Gasteiger charge is 2.27. The maximum Gasteiger partial charge on any atom is 0.328 e. The van der Waals surface area contributed by atoms with Crippen LogP contribution < -0.4 is 0 Å². The molecule has 2 N–H and O–H groups in total. The van der Waals surface area contributed by atoms with Crippen molar-refractivity contribution in [1.29, 1.82) is 0 Å². The first kappa shape index (κ1) is 17.1. The number of carbonyl (C=O) groups excluding carboxylic acids is 2. The van der Waals surface area contributed by atoms with Crippen LogP contribution in [0, 0.1) is 10.6 Å². The number of benzene rings is 1. The van der Waals surface area contributed by atoms with Crippen LogP contribution in [0.15, 0.2) is 12.1 Å². The molecule has 0 bridgehead atoms. The summed E-state index contributed by atoms with van der Waals surface area (Å²) in [6.45, 7) is 5.00. The molecular formula is C15H18FN3O3S. The standard InChI is InChI=1S/C15H18FN3O3S/c1-7(2)22-14(21)8(3)19(4)13(20)10-5-9(16)6-11-12(10)18-15(23)17-11/h5-8H,1-4H3,(H2,17,18,23). The predicted octanol–water partition coefficient (Wildman–Crippen LogP) is 2.78. The average molecular weight is 339 g/mol. The fraction of sp³-hybridized carbons (Fsp3) is 0.400. The molecule has 1 atom stereocenters. The summed E-state index contributed by atoms with van der Waals surface area (Å²) in [5, 5.41) is 0. The van der Waals surface area contributed by atoms with Gasteiger partial charge in [-0.25, -0.2) is 9.18 Å². The predicted molar refractivity (Wildman–Crippen MR) is 86.2 cm³/mol. The van der Waals surface area contributed by atoms with Gasteiger partial charge in [0.1, 0.15) is 11.9 Å². The van der Waals surface area contributed by atoms with Crippen molar-refractivity contribution in [3.05, 3.63) is 28.3 Å². The Balaban J connectivity index is 2.36. The molecule has 1 heterocycles. The van der Waals surface area contributed by atoms with E-state index in [4.69, 9.17) is 17.0 Å². The molecule has 0 fully saturated rings. The normalized spacial score (nSPS) is 12.4. The van der Waals surface area contributed by atoms with Crippen LogP contribution in [0.4, 0.5) is 4.39 Å². The van der Waals surface area contributed by atoms with Gasteiger partial charge in [0.25, 0.3) is 5.91 Å². The molecule has 8 heteroatoms. The molecule has 0 aliphatic rings. The molecule has 124 valence electrons. The second-order valence-corrected chi connectivity index (χ2v) is 5.94. The number of hydrogen-bond donors (Lipinski definition) is 2. The number of fused-ring (bicyclic) bond motifs is 1. The molecule has 2 aromatic rings. The molecular weight excluding hydrogens is 321 g/mol. The lowest BCUT2D eigenvalue weighted by molar-refractivity contribution is -0.151. The Hall–Kier alpha value is -2.22. The zero-order valence-electron chi connectivity index (χ0n) is 13.3. The summed E-state index contributed by atoms with van der Waals surface area (Å²) >= 11 is 4.98. The van der Waals surface area contributed by atoms with Crippen molar-refractivity contribution in [2.24, 2.45) is 0 Å². The van der Waals surface area contributed by atoms with E-state index >= 15 is 0 Å². The number of nitrogens with one attached hydrogen (secondary N) is 2. The molecule has 0 saturated heterocycles. The first-order valence-corrected chi connectivity index (χ1v) is 7.50. The summed E-state index contributed by atoms with van der Waals surface area (Å²) in [5.41, 5.74) is 0.890. The highest BCUT2D eigenvalue weighted by atomic mass is 32.1. The third-order valence-corrected chi connectivity index (χ3v) is 3.62. The first-order valence-electron chi connectivity index (χ1n) is 7.10. The number of aromatic amines is 2. The Morgan fingerprint density at radius 3 is 2.52 bits per heavy atom. The van der Waals surface area contributed by atoms with Crippen LogP contribution in [0.2, 0.25) is 0 Å². The summed E-state index contributed by atoms with van der Waals surface area (Å²) in [7, 11) is 1.46. The number of ether oxygens (including phenoxy) is 1. The molecule has 6 nitrogen and oxygen atoms in total. The molecule has 0 radical (unpaired) electrons. The van der Waals surface area contributed by atoms with Crippen molar-refractivity contribution in [3.8, 4) is 0 Å². The lowest BCUT2D eigenvalue weighted by atomic mass is 10.1. The van der Waals surface area contributed by atoms with Gasteiger partial charge in [-0.05, 0) is 45.1 Å². The third kappa shape index (κ3) is 3.58. The highest BCUT2D eigenvalue weighted by molar-refractivity contribution is 7.71. The van der Waals surface area contributed by atoms with Gasteiger partial charge in [0.15, 0.2) is 4.77 Å². The van der Waals surface area contributed by atoms with Crippen molar-refractivity contribution in [2.45, 2.75) is 32.9 Å². The number of rotatable bonds is 4. The molecule has 2 rings (SSSR count). The first-order chi connectivity index (χ1) is 10.7. The minimum atomic E-state index is -0.801. The number of nitrogens with zero attached hydrogens (tertiary/aromatic N) is 1. The fourth-order valence-corrected chi connectivity index (χ4v) is 2.34. The van der Waals surface area contributed by atoms with E-state index in [0.29, 0.717) is 11.0 Å². The van der Waals surface area contributed by atoms with Crippen LogP contribution in [0.25, 0.3) is 11.0 Å². The molecule has 0 saturated carbocycles. The number of carbonyl (C=O) groups is 2. The van der Waals surface area contributed by atoms with E-state index in [1.54, 1.807) is 20.8 Å². The van der Waals surface area contributed by atoms with E-state index in [9.17, 15) is 14.0 Å². The second kappa shape index (κ2) is 6.49. The van der Waals surface area contributed by atoms with E-state index in [0.717, 1.165) is 6.07 Å². The minimum Gasteiger partial charge on any atom is -0.461 e. The maximum absolute atomic E-state index is 13.7. The van der Waals surface area contributed by atoms with E-state index in [2.05, 4.69) is 9.97 Å². The van der Waals surface area contributed by atoms with E-state index < -0.39 is 23.7 Å². The van der Waals surface area contributed by atoms with Gasteiger partial charge in [0.2, 0.25) is 0 Å². The molecule has 0 aliphatic carbocycles. The molecule has 1 amide bonds. The van der Waals surface area contributed by atoms with Gasteiger partial charge in [0, 0.05) is 7.05 Å². The number of likely N-dealkylation sites (N-methyl/N-ethyl adjacent to an activating group) is 1. The van der Waals surface area contributed by atoms with Gasteiger partial charge in [0.05, 0.1) is 22.7 Å². The quantitative estimate of drug-likeness (QED) is 0.663. The van der Waals surface area contributed by atoms with Crippen LogP contribution >= 0.6 is 12.2 Å². The SMILES string of the molecule is CC(C)OC(=O)C(C)N(C)C(=O)c1cc(F)cc2[nH]c(=S)[nH]c12. The van der Waals surface area contributed by atoms with Crippen molar-refractivity contribution < 1.29 is 18.7 Å². The third-order valence-electron chi connectivity index (χ3n) is 3.41. The van der Waals surface area contributed by atoms with Crippen LogP contribution in [0.3, 0.4) is 0 Å². The summed E-state index contributed by atoms with van der Waals surface area (Å²) in [5.74, 6) is -1.60. The van der Waals surface area contributed by atoms with Crippen LogP contribution in [-0.2, 0) is 9.53 Å². The zero-order valence-corrected chi connectivity index (χ0v) is 14.1. The van der Waals surface area contributed by atoms with Gasteiger partial charge < -0.3 is 19.6 Å². The van der Waals surface area contributed by atoms with E-state index in [1.807, 2.05) is 0 Å². The largest absolute Gasteiger partial charge is 0.461 e. The fourth-order valence-electron chi connectivity index (χ4n) is 2.13. The summed E-state index contributed by atoms with van der Waals surface area (Å²) in [6.07, 6.45) is -0.282. The van der Waals surface area contributed by atoms with Crippen molar-refractivity contribution in [1.82, 2.24) is 14.9 Å². The molecule has 0 spiro atoms. The summed E-state index contributed by atoms with van der Waals surface area (Å²) in [4.78, 5) is 31.4. The number of esters is 1. The topological polar surface area (TPSA) is 78.2 Å². The number of hydrogen-bond acceptors (Lipinski definition) is 4. The number of imidazole rings is 1. The number of aromatic nitrogens is 2. The van der Waals surface area contributed by atoms with Gasteiger partial charge in [-0.3, -0.25) is 4.79 Å². The Kier molecular flexibility index (Phi) is 4.84. The maximum atomic E-state index is 13.7. The number of H-pyrrole nitrogens is 2. The zero-order chi connectivity index (χ0) is 17.3. The molecule has 1 unspecified atom stereocenters. The summed E-state index contributed by atoms with van der Waals surface area (Å²) < 4.78 is 19.1. The van der Waals surface area contributed by atoms with Crippen molar-refractivity contribution in [2.75, 3.05) is 7.05 Å². The van der Waals surface area contributed by atoms with E-state index in [-0.39, 0.29) is 16.4 Å². The van der Waals surface area contributed by atoms with Gasteiger partial charge in [-0.2, -0.15) is 0 Å². The van der Waals surface area contributed by atoms with Gasteiger partial charge in [-0.15, -0.1) is 0 Å².